The maximum Gasteiger partial charge on any atom is 0.240 e. The van der Waals surface area contributed by atoms with Gasteiger partial charge in [-0.25, -0.2) is 0 Å². The molecule has 2 heterocycles. The molecule has 1 saturated heterocycles. The summed E-state index contributed by atoms with van der Waals surface area (Å²) in [6, 6.07) is 7.71. The van der Waals surface area contributed by atoms with Crippen LogP contribution in [0.15, 0.2) is 24.3 Å². The number of ether oxygens (including phenoxy) is 1. The average Bonchev–Trinajstić information content (AvgIpc) is 2.69. The quantitative estimate of drug-likeness (QED) is 0.738. The molecule has 2 aromatic rings. The molecule has 0 unspecified atom stereocenters. The molecule has 3 nitrogen and oxygen atoms in total. The summed E-state index contributed by atoms with van der Waals surface area (Å²) in [5.41, 5.74) is 0.881. The van der Waals surface area contributed by atoms with Gasteiger partial charge in [0.05, 0.1) is 16.9 Å². The summed E-state index contributed by atoms with van der Waals surface area (Å²) >= 11 is 0. The molecular weight excluding hydrogens is 207 g/mol. The van der Waals surface area contributed by atoms with Crippen LogP contribution in [0, 0.1) is 5.95 Å². The second-order valence-corrected chi connectivity index (χ2v) is 4.10. The molecule has 84 valence electrons. The highest BCUT2D eigenvalue weighted by atomic mass is 19.1. The monoisotopic (exact) mass is 220 g/mol. The van der Waals surface area contributed by atoms with Crippen LogP contribution in [0.2, 0.25) is 0 Å². The van der Waals surface area contributed by atoms with E-state index in [9.17, 15) is 4.39 Å². The van der Waals surface area contributed by atoms with Gasteiger partial charge in [-0.3, -0.25) is 4.68 Å². The van der Waals surface area contributed by atoms with Gasteiger partial charge in [0, 0.05) is 13.2 Å². The molecule has 4 heteroatoms. The Hall–Kier alpha value is -1.42. The number of hydrogen-bond donors (Lipinski definition) is 0. The highest BCUT2D eigenvalue weighted by molar-refractivity contribution is 5.79. The summed E-state index contributed by atoms with van der Waals surface area (Å²) in [6.45, 7) is 1.47. The Bertz CT molecular complexity index is 503. The van der Waals surface area contributed by atoms with Crippen molar-refractivity contribution in [3.05, 3.63) is 30.2 Å². The van der Waals surface area contributed by atoms with E-state index < -0.39 is 0 Å². The molecule has 0 aliphatic carbocycles. The van der Waals surface area contributed by atoms with E-state index in [1.54, 1.807) is 6.07 Å². The minimum absolute atomic E-state index is 0.267. The first-order chi connectivity index (χ1) is 7.86. The fourth-order valence-electron chi connectivity index (χ4n) is 2.26. The minimum atomic E-state index is -0.373. The molecule has 1 aliphatic rings. The van der Waals surface area contributed by atoms with Gasteiger partial charge < -0.3 is 4.74 Å². The van der Waals surface area contributed by atoms with Crippen molar-refractivity contribution >= 4 is 10.9 Å². The highest BCUT2D eigenvalue weighted by Gasteiger charge is 2.20. The van der Waals surface area contributed by atoms with Crippen molar-refractivity contribution in [3.8, 4) is 0 Å². The number of fused-ring (bicyclic) bond motifs is 1. The molecule has 1 aromatic carbocycles. The van der Waals surface area contributed by atoms with E-state index in [1.165, 1.54) is 0 Å². The van der Waals surface area contributed by atoms with Crippen molar-refractivity contribution in [2.45, 2.75) is 18.9 Å². The lowest BCUT2D eigenvalue weighted by atomic mass is 10.1. The summed E-state index contributed by atoms with van der Waals surface area (Å²) in [4.78, 5) is 0. The average molecular weight is 220 g/mol. The van der Waals surface area contributed by atoms with Gasteiger partial charge in [-0.05, 0) is 25.0 Å². The van der Waals surface area contributed by atoms with Gasteiger partial charge >= 0.3 is 0 Å². The lowest BCUT2D eigenvalue weighted by Crippen LogP contribution is -2.20. The Balaban J connectivity index is 2.08. The van der Waals surface area contributed by atoms with E-state index in [4.69, 9.17) is 4.74 Å². The molecule has 1 aliphatic heterocycles. The van der Waals surface area contributed by atoms with Crippen LogP contribution in [-0.2, 0) is 4.74 Å². The molecule has 0 atom stereocenters. The van der Waals surface area contributed by atoms with Crippen molar-refractivity contribution in [2.75, 3.05) is 13.2 Å². The molecule has 0 spiro atoms. The molecule has 16 heavy (non-hydrogen) atoms. The van der Waals surface area contributed by atoms with Crippen molar-refractivity contribution in [3.63, 3.8) is 0 Å². The van der Waals surface area contributed by atoms with Crippen LogP contribution in [0.5, 0.6) is 0 Å². The fourth-order valence-corrected chi connectivity index (χ4v) is 2.26. The summed E-state index contributed by atoms with van der Waals surface area (Å²) < 4.78 is 20.7. The normalized spacial score (nSPS) is 18.1. The molecule has 0 N–H and O–H groups in total. The van der Waals surface area contributed by atoms with E-state index >= 15 is 0 Å². The Morgan fingerprint density at radius 3 is 2.81 bits per heavy atom. The standard InChI is InChI=1S/C12H13FN2O/c13-12-10-3-1-2-4-11(10)15(14-12)9-5-7-16-8-6-9/h1-4,9H,5-8H2. The van der Waals surface area contributed by atoms with Crippen LogP contribution < -0.4 is 0 Å². The summed E-state index contributed by atoms with van der Waals surface area (Å²) in [5.74, 6) is -0.373. The third-order valence-corrected chi connectivity index (χ3v) is 3.11. The van der Waals surface area contributed by atoms with E-state index in [-0.39, 0.29) is 12.0 Å². The lowest BCUT2D eigenvalue weighted by Gasteiger charge is -2.22. The molecule has 1 aromatic heterocycles. The molecule has 0 saturated carbocycles. The third-order valence-electron chi connectivity index (χ3n) is 3.11. The zero-order valence-corrected chi connectivity index (χ0v) is 8.90. The highest BCUT2D eigenvalue weighted by Crippen LogP contribution is 2.26. The van der Waals surface area contributed by atoms with Gasteiger partial charge in [-0.1, -0.05) is 12.1 Å². The second kappa shape index (κ2) is 3.87. The summed E-state index contributed by atoms with van der Waals surface area (Å²) in [5, 5.41) is 4.61. The Labute approximate surface area is 92.8 Å². The Morgan fingerprint density at radius 2 is 2.00 bits per heavy atom. The smallest absolute Gasteiger partial charge is 0.240 e. The predicted molar refractivity (Wildman–Crippen MR) is 58.8 cm³/mol. The first-order valence-electron chi connectivity index (χ1n) is 5.57. The van der Waals surface area contributed by atoms with Crippen LogP contribution in [0.1, 0.15) is 18.9 Å². The lowest BCUT2D eigenvalue weighted by molar-refractivity contribution is 0.0670. The number of hydrogen-bond acceptors (Lipinski definition) is 2. The number of benzene rings is 1. The fraction of sp³-hybridized carbons (Fsp3) is 0.417. The SMILES string of the molecule is Fc1nn(C2CCOCC2)c2ccccc12. The van der Waals surface area contributed by atoms with Crippen LogP contribution in [0.4, 0.5) is 4.39 Å². The van der Waals surface area contributed by atoms with Gasteiger partial charge in [0.1, 0.15) is 0 Å². The topological polar surface area (TPSA) is 27.1 Å². The van der Waals surface area contributed by atoms with E-state index in [0.717, 1.165) is 31.6 Å². The van der Waals surface area contributed by atoms with Crippen LogP contribution in [0.25, 0.3) is 10.9 Å². The first-order valence-corrected chi connectivity index (χ1v) is 5.57. The van der Waals surface area contributed by atoms with Gasteiger partial charge in [-0.2, -0.15) is 4.39 Å². The molecular formula is C12H13FN2O. The summed E-state index contributed by atoms with van der Waals surface area (Å²) in [6.07, 6.45) is 1.82. The van der Waals surface area contributed by atoms with Crippen molar-refractivity contribution in [1.82, 2.24) is 9.78 Å². The Morgan fingerprint density at radius 1 is 1.25 bits per heavy atom. The predicted octanol–water partition coefficient (Wildman–Crippen LogP) is 2.53. The maximum atomic E-state index is 13.6. The maximum absolute atomic E-state index is 13.6. The summed E-state index contributed by atoms with van der Waals surface area (Å²) in [7, 11) is 0. The van der Waals surface area contributed by atoms with Crippen LogP contribution in [0.3, 0.4) is 0 Å². The molecule has 0 amide bonds. The molecule has 0 bridgehead atoms. The van der Waals surface area contributed by atoms with Crippen molar-refractivity contribution < 1.29 is 9.13 Å². The molecule has 3 rings (SSSR count). The van der Waals surface area contributed by atoms with Crippen molar-refractivity contribution in [2.24, 2.45) is 0 Å². The van der Waals surface area contributed by atoms with Gasteiger partial charge in [-0.15, -0.1) is 5.10 Å². The zero-order chi connectivity index (χ0) is 11.0. The van der Waals surface area contributed by atoms with E-state index in [0.29, 0.717) is 5.39 Å². The second-order valence-electron chi connectivity index (χ2n) is 4.10. The van der Waals surface area contributed by atoms with Crippen LogP contribution >= 0.6 is 0 Å². The first kappa shape index (κ1) is 9.78. The minimum Gasteiger partial charge on any atom is -0.381 e. The van der Waals surface area contributed by atoms with Gasteiger partial charge in [0.15, 0.2) is 0 Å². The molecule has 0 radical (unpaired) electrons. The van der Waals surface area contributed by atoms with Gasteiger partial charge in [0.25, 0.3) is 0 Å². The van der Waals surface area contributed by atoms with E-state index in [2.05, 4.69) is 5.10 Å². The van der Waals surface area contributed by atoms with Crippen molar-refractivity contribution in [1.29, 1.82) is 0 Å². The largest absolute Gasteiger partial charge is 0.381 e. The number of para-hydroxylation sites is 1. The number of aromatic nitrogens is 2. The van der Waals surface area contributed by atoms with Crippen LogP contribution in [-0.4, -0.2) is 23.0 Å². The number of rotatable bonds is 1. The zero-order valence-electron chi connectivity index (χ0n) is 8.90. The molecule has 1 fully saturated rings. The number of halogens is 1. The van der Waals surface area contributed by atoms with Gasteiger partial charge in [0.2, 0.25) is 5.95 Å². The Kier molecular flexibility index (Phi) is 2.36. The number of nitrogens with zero attached hydrogens (tertiary/aromatic N) is 2. The van der Waals surface area contributed by atoms with E-state index in [1.807, 2.05) is 22.9 Å². The third kappa shape index (κ3) is 1.50.